The number of nitrogens with one attached hydrogen (secondary N) is 2. The van der Waals surface area contributed by atoms with Crippen LogP contribution in [0.5, 0.6) is 0 Å². The molecule has 2 aromatic carbocycles. The number of fused-ring (bicyclic) bond motifs is 1. The smallest absolute Gasteiger partial charge is 0.313 e. The number of H-pyrrole nitrogens is 1. The van der Waals surface area contributed by atoms with Crippen LogP contribution in [0.4, 0.5) is 14.9 Å². The van der Waals surface area contributed by atoms with Gasteiger partial charge < -0.3 is 10.2 Å². The molecule has 0 radical (unpaired) electrons. The van der Waals surface area contributed by atoms with E-state index in [-0.39, 0.29) is 23.3 Å². The Kier molecular flexibility index (Phi) is 5.30. The minimum atomic E-state index is -0.577. The van der Waals surface area contributed by atoms with E-state index in [4.69, 9.17) is 11.6 Å². The monoisotopic (exact) mass is 426 g/mol. The standard InChI is InChI=1S/C22H20ClFN4O2/c1-12-8-15-9-20(29)26-27-21(15)13(2)28(12)22(30)25-19-11-17(23)16(10-18(19)24)14-6-4-3-5-7-14/h3-7,9-13H,8H2,1-2H3,(H,25,30)(H,26,29). The van der Waals surface area contributed by atoms with Gasteiger partial charge in [-0.2, -0.15) is 5.10 Å². The van der Waals surface area contributed by atoms with Crippen molar-refractivity contribution in [2.45, 2.75) is 32.4 Å². The lowest BCUT2D eigenvalue weighted by atomic mass is 9.94. The van der Waals surface area contributed by atoms with Crippen molar-refractivity contribution in [1.29, 1.82) is 0 Å². The Morgan fingerprint density at radius 3 is 2.70 bits per heavy atom. The van der Waals surface area contributed by atoms with Gasteiger partial charge in [-0.15, -0.1) is 0 Å². The molecule has 0 fully saturated rings. The molecule has 4 rings (SSSR count). The maximum Gasteiger partial charge on any atom is 0.322 e. The van der Waals surface area contributed by atoms with Gasteiger partial charge in [-0.3, -0.25) is 4.79 Å². The van der Waals surface area contributed by atoms with Gasteiger partial charge in [0.05, 0.1) is 22.4 Å². The van der Waals surface area contributed by atoms with Crippen molar-refractivity contribution >= 4 is 23.3 Å². The summed E-state index contributed by atoms with van der Waals surface area (Å²) in [5, 5.41) is 9.47. The van der Waals surface area contributed by atoms with Crippen LogP contribution in [-0.2, 0) is 6.42 Å². The van der Waals surface area contributed by atoms with Crippen molar-refractivity contribution < 1.29 is 9.18 Å². The minimum absolute atomic E-state index is 0.00399. The first-order chi connectivity index (χ1) is 14.3. The van der Waals surface area contributed by atoms with Crippen LogP contribution in [0.25, 0.3) is 11.1 Å². The van der Waals surface area contributed by atoms with E-state index < -0.39 is 11.8 Å². The van der Waals surface area contributed by atoms with Gasteiger partial charge in [-0.25, -0.2) is 14.3 Å². The predicted molar refractivity (Wildman–Crippen MR) is 114 cm³/mol. The fraction of sp³-hybridized carbons (Fsp3) is 0.227. The van der Waals surface area contributed by atoms with Crippen molar-refractivity contribution in [2.75, 3.05) is 5.32 Å². The second-order valence-electron chi connectivity index (χ2n) is 7.39. The van der Waals surface area contributed by atoms with Crippen LogP contribution >= 0.6 is 11.6 Å². The summed E-state index contributed by atoms with van der Waals surface area (Å²) in [5.74, 6) is -0.577. The summed E-state index contributed by atoms with van der Waals surface area (Å²) in [6.45, 7) is 3.70. The Hall–Kier alpha value is -3.19. The number of carbonyl (C=O) groups is 1. The Labute approximate surface area is 177 Å². The van der Waals surface area contributed by atoms with Crippen LogP contribution < -0.4 is 10.9 Å². The first-order valence-electron chi connectivity index (χ1n) is 9.57. The number of aromatic amines is 1. The van der Waals surface area contributed by atoms with Gasteiger partial charge in [0, 0.05) is 17.7 Å². The molecule has 30 heavy (non-hydrogen) atoms. The van der Waals surface area contributed by atoms with Crippen molar-refractivity contribution in [2.24, 2.45) is 0 Å². The van der Waals surface area contributed by atoms with E-state index in [1.54, 1.807) is 4.90 Å². The van der Waals surface area contributed by atoms with Crippen molar-refractivity contribution in [3.63, 3.8) is 0 Å². The number of hydrogen-bond donors (Lipinski definition) is 2. The largest absolute Gasteiger partial charge is 0.322 e. The molecule has 0 saturated carbocycles. The molecule has 3 aromatic rings. The molecule has 8 heteroatoms. The van der Waals surface area contributed by atoms with Gasteiger partial charge in [0.15, 0.2) is 0 Å². The molecule has 2 unspecified atom stereocenters. The summed E-state index contributed by atoms with van der Waals surface area (Å²) in [6.07, 6.45) is 0.486. The van der Waals surface area contributed by atoms with E-state index >= 15 is 0 Å². The molecule has 1 aliphatic heterocycles. The molecule has 154 valence electrons. The summed E-state index contributed by atoms with van der Waals surface area (Å²) < 4.78 is 14.8. The zero-order valence-corrected chi connectivity index (χ0v) is 17.2. The summed E-state index contributed by atoms with van der Waals surface area (Å²) in [4.78, 5) is 26.1. The number of benzene rings is 2. The summed E-state index contributed by atoms with van der Waals surface area (Å²) in [6, 6.07) is 12.4. The Balaban J connectivity index is 1.60. The van der Waals surface area contributed by atoms with Crippen LogP contribution in [0.15, 0.2) is 53.3 Å². The van der Waals surface area contributed by atoms with Crippen LogP contribution in [-0.4, -0.2) is 27.2 Å². The highest BCUT2D eigenvalue weighted by molar-refractivity contribution is 6.33. The predicted octanol–water partition coefficient (Wildman–Crippen LogP) is 4.77. The number of carbonyl (C=O) groups excluding carboxylic acids is 1. The normalized spacial score (nSPS) is 18.1. The number of nitrogens with zero attached hydrogens (tertiary/aromatic N) is 2. The van der Waals surface area contributed by atoms with Gasteiger partial charge in [-0.1, -0.05) is 41.9 Å². The minimum Gasteiger partial charge on any atom is -0.313 e. The van der Waals surface area contributed by atoms with E-state index in [1.165, 1.54) is 18.2 Å². The lowest BCUT2D eigenvalue weighted by molar-refractivity contribution is 0.155. The van der Waals surface area contributed by atoms with E-state index in [1.807, 2.05) is 44.2 Å². The average molecular weight is 427 g/mol. The number of halogens is 2. The molecule has 2 atom stereocenters. The number of amides is 2. The number of urea groups is 1. The van der Waals surface area contributed by atoms with Crippen LogP contribution in [0.1, 0.15) is 31.1 Å². The highest BCUT2D eigenvalue weighted by Gasteiger charge is 2.34. The first-order valence-corrected chi connectivity index (χ1v) is 9.95. The SMILES string of the molecule is CC1Cc2cc(=O)[nH]nc2C(C)N1C(=O)Nc1cc(Cl)c(-c2ccccc2)cc1F. The molecule has 1 aromatic heterocycles. The number of rotatable bonds is 2. The zero-order valence-electron chi connectivity index (χ0n) is 16.4. The van der Waals surface area contributed by atoms with Crippen molar-refractivity contribution in [1.82, 2.24) is 15.1 Å². The van der Waals surface area contributed by atoms with Crippen LogP contribution in [0.3, 0.4) is 0 Å². The van der Waals surface area contributed by atoms with E-state index in [0.717, 1.165) is 11.1 Å². The molecule has 0 aliphatic carbocycles. The highest BCUT2D eigenvalue weighted by Crippen LogP contribution is 2.34. The Morgan fingerprint density at radius 2 is 1.97 bits per heavy atom. The van der Waals surface area contributed by atoms with Gasteiger partial charge in [0.25, 0.3) is 5.56 Å². The molecule has 0 saturated heterocycles. The van der Waals surface area contributed by atoms with E-state index in [9.17, 15) is 14.0 Å². The highest BCUT2D eigenvalue weighted by atomic mass is 35.5. The lowest BCUT2D eigenvalue weighted by Gasteiger charge is -2.39. The van der Waals surface area contributed by atoms with E-state index in [2.05, 4.69) is 15.5 Å². The molecule has 2 heterocycles. The molecule has 2 amide bonds. The fourth-order valence-electron chi connectivity index (χ4n) is 3.94. The molecule has 2 N–H and O–H groups in total. The topological polar surface area (TPSA) is 78.1 Å². The van der Waals surface area contributed by atoms with Gasteiger partial charge in [0.2, 0.25) is 0 Å². The molecule has 0 bridgehead atoms. The Bertz CT molecular complexity index is 1170. The zero-order chi connectivity index (χ0) is 21.4. The third-order valence-corrected chi connectivity index (χ3v) is 5.65. The molecular weight excluding hydrogens is 407 g/mol. The third-order valence-electron chi connectivity index (χ3n) is 5.34. The fourth-order valence-corrected chi connectivity index (χ4v) is 4.22. The lowest BCUT2D eigenvalue weighted by Crippen LogP contribution is -2.47. The molecular formula is C22H20ClFN4O2. The number of hydrogen-bond acceptors (Lipinski definition) is 3. The number of anilines is 1. The maximum atomic E-state index is 14.8. The molecule has 0 spiro atoms. The summed E-state index contributed by atoms with van der Waals surface area (Å²) >= 11 is 6.37. The van der Waals surface area contributed by atoms with Crippen LogP contribution in [0, 0.1) is 5.82 Å². The average Bonchev–Trinajstić information content (AvgIpc) is 2.70. The Morgan fingerprint density at radius 1 is 1.23 bits per heavy atom. The number of aromatic nitrogens is 2. The molecule has 1 aliphatic rings. The van der Waals surface area contributed by atoms with Crippen molar-refractivity contribution in [3.05, 3.63) is 81.0 Å². The van der Waals surface area contributed by atoms with E-state index in [0.29, 0.717) is 22.7 Å². The van der Waals surface area contributed by atoms with Crippen LogP contribution in [0.2, 0.25) is 5.02 Å². The quantitative estimate of drug-likeness (QED) is 0.619. The second-order valence-corrected chi connectivity index (χ2v) is 7.79. The van der Waals surface area contributed by atoms with Gasteiger partial charge >= 0.3 is 6.03 Å². The van der Waals surface area contributed by atoms with Gasteiger partial charge in [0.1, 0.15) is 5.82 Å². The molecule has 6 nitrogen and oxygen atoms in total. The first kappa shape index (κ1) is 20.1. The second kappa shape index (κ2) is 7.91. The maximum absolute atomic E-state index is 14.8. The van der Waals surface area contributed by atoms with Gasteiger partial charge in [-0.05, 0) is 43.5 Å². The summed E-state index contributed by atoms with van der Waals surface area (Å²) in [5.41, 5.74) is 2.50. The third kappa shape index (κ3) is 3.68. The summed E-state index contributed by atoms with van der Waals surface area (Å²) in [7, 11) is 0. The van der Waals surface area contributed by atoms with Crippen molar-refractivity contribution in [3.8, 4) is 11.1 Å².